The first-order valence-corrected chi connectivity index (χ1v) is 7.01. The molecule has 0 bridgehead atoms. The summed E-state index contributed by atoms with van der Waals surface area (Å²) in [4.78, 5) is 11.9. The number of nitrogens with one attached hydrogen (secondary N) is 1. The Hall–Kier alpha value is -2.27. The van der Waals surface area contributed by atoms with E-state index in [0.717, 1.165) is 11.3 Å². The van der Waals surface area contributed by atoms with E-state index in [1.807, 2.05) is 31.2 Å². The average molecular weight is 288 g/mol. The van der Waals surface area contributed by atoms with Crippen molar-refractivity contribution >= 4 is 5.91 Å². The molecule has 1 heterocycles. The molecule has 2 aromatic rings. The van der Waals surface area contributed by atoms with Gasteiger partial charge in [0.15, 0.2) is 0 Å². The Bertz CT molecular complexity index is 593. The fraction of sp³-hybridized carbons (Fsp3) is 0.312. The molecule has 0 saturated heterocycles. The first kappa shape index (κ1) is 15.1. The van der Waals surface area contributed by atoms with E-state index >= 15 is 0 Å². The van der Waals surface area contributed by atoms with Crippen LogP contribution in [0, 0.1) is 0 Å². The summed E-state index contributed by atoms with van der Waals surface area (Å²) in [5.41, 5.74) is 7.02. The predicted octanol–water partition coefficient (Wildman–Crippen LogP) is 2.11. The van der Waals surface area contributed by atoms with Crippen molar-refractivity contribution in [3.63, 3.8) is 0 Å². The second-order valence-corrected chi connectivity index (χ2v) is 4.55. The first-order chi connectivity index (χ1) is 10.2. The molecule has 0 spiro atoms. The van der Waals surface area contributed by atoms with Crippen molar-refractivity contribution in [2.24, 2.45) is 5.73 Å². The Labute approximate surface area is 124 Å². The van der Waals surface area contributed by atoms with E-state index in [-0.39, 0.29) is 12.5 Å². The van der Waals surface area contributed by atoms with Crippen molar-refractivity contribution < 1.29 is 13.9 Å². The van der Waals surface area contributed by atoms with Gasteiger partial charge in [0.2, 0.25) is 0 Å². The molecule has 0 unspecified atom stereocenters. The topological polar surface area (TPSA) is 77.5 Å². The largest absolute Gasteiger partial charge is 0.494 e. The van der Waals surface area contributed by atoms with Crippen LogP contribution in [-0.2, 0) is 13.0 Å². The lowest BCUT2D eigenvalue weighted by atomic mass is 10.1. The van der Waals surface area contributed by atoms with Gasteiger partial charge in [-0.2, -0.15) is 0 Å². The zero-order chi connectivity index (χ0) is 15.1. The number of benzene rings is 1. The summed E-state index contributed by atoms with van der Waals surface area (Å²) in [5, 5.41) is 2.86. The van der Waals surface area contributed by atoms with Crippen LogP contribution in [0.15, 0.2) is 41.0 Å². The van der Waals surface area contributed by atoms with Gasteiger partial charge in [0.05, 0.1) is 18.7 Å². The fourth-order valence-electron chi connectivity index (χ4n) is 2.03. The van der Waals surface area contributed by atoms with E-state index in [0.29, 0.717) is 30.9 Å². The number of para-hydroxylation sites is 1. The molecule has 1 aromatic heterocycles. The summed E-state index contributed by atoms with van der Waals surface area (Å²) in [5.74, 6) is 1.30. The van der Waals surface area contributed by atoms with Crippen LogP contribution < -0.4 is 15.8 Å². The maximum Gasteiger partial charge on any atom is 0.254 e. The lowest BCUT2D eigenvalue weighted by Crippen LogP contribution is -2.25. The van der Waals surface area contributed by atoms with Gasteiger partial charge < -0.3 is 20.2 Å². The summed E-state index contributed by atoms with van der Waals surface area (Å²) < 4.78 is 10.7. The molecular weight excluding hydrogens is 268 g/mol. The van der Waals surface area contributed by atoms with Crippen molar-refractivity contribution in [2.75, 3.05) is 13.2 Å². The van der Waals surface area contributed by atoms with Gasteiger partial charge in [-0.3, -0.25) is 4.79 Å². The molecule has 1 aromatic carbocycles. The van der Waals surface area contributed by atoms with Crippen LogP contribution in [0.25, 0.3) is 0 Å². The van der Waals surface area contributed by atoms with Gasteiger partial charge >= 0.3 is 0 Å². The Morgan fingerprint density at radius 3 is 2.90 bits per heavy atom. The molecule has 0 saturated carbocycles. The van der Waals surface area contributed by atoms with Crippen LogP contribution in [-0.4, -0.2) is 19.1 Å². The van der Waals surface area contributed by atoms with Gasteiger partial charge in [0, 0.05) is 6.54 Å². The van der Waals surface area contributed by atoms with Crippen LogP contribution in [0.5, 0.6) is 5.75 Å². The number of ether oxygens (including phenoxy) is 1. The van der Waals surface area contributed by atoms with E-state index in [1.54, 1.807) is 6.07 Å². The normalized spacial score (nSPS) is 10.4. The highest BCUT2D eigenvalue weighted by Crippen LogP contribution is 2.18. The third kappa shape index (κ3) is 4.10. The summed E-state index contributed by atoms with van der Waals surface area (Å²) in [6.45, 7) is 3.40. The number of carbonyl (C=O) groups is 1. The number of hydrogen-bond donors (Lipinski definition) is 2. The molecule has 2 rings (SSSR count). The lowest BCUT2D eigenvalue weighted by molar-refractivity contribution is 0.0953. The number of amides is 1. The van der Waals surface area contributed by atoms with E-state index in [9.17, 15) is 4.79 Å². The van der Waals surface area contributed by atoms with Crippen LogP contribution in [0.2, 0.25) is 0 Å². The molecule has 0 aliphatic carbocycles. The predicted molar refractivity (Wildman–Crippen MR) is 80.2 cm³/mol. The molecule has 0 radical (unpaired) electrons. The molecule has 21 heavy (non-hydrogen) atoms. The summed E-state index contributed by atoms with van der Waals surface area (Å²) >= 11 is 0. The van der Waals surface area contributed by atoms with Gasteiger partial charge in [0.1, 0.15) is 17.8 Å². The zero-order valence-corrected chi connectivity index (χ0v) is 12.1. The number of furan rings is 1. The van der Waals surface area contributed by atoms with Gasteiger partial charge in [-0.05, 0) is 31.0 Å². The maximum atomic E-state index is 11.9. The third-order valence-electron chi connectivity index (χ3n) is 3.07. The van der Waals surface area contributed by atoms with Crippen molar-refractivity contribution in [2.45, 2.75) is 19.9 Å². The van der Waals surface area contributed by atoms with Crippen molar-refractivity contribution in [1.82, 2.24) is 5.32 Å². The minimum Gasteiger partial charge on any atom is -0.494 e. The molecule has 0 aliphatic heterocycles. The smallest absolute Gasteiger partial charge is 0.254 e. The number of nitrogens with two attached hydrogens (primary N) is 1. The Balaban J connectivity index is 1.88. The standard InChI is InChI=1S/C16H20N2O3/c1-2-20-15-6-4-3-5-12(15)7-8-18-16(19)13-9-14(10-17)21-11-13/h3-6,9,11H,2,7-8,10,17H2,1H3,(H,18,19). The zero-order valence-electron chi connectivity index (χ0n) is 12.1. The van der Waals surface area contributed by atoms with Crippen LogP contribution >= 0.6 is 0 Å². The van der Waals surface area contributed by atoms with Crippen molar-refractivity contribution in [1.29, 1.82) is 0 Å². The highest BCUT2D eigenvalue weighted by atomic mass is 16.5. The second kappa shape index (κ2) is 7.50. The highest BCUT2D eigenvalue weighted by molar-refractivity contribution is 5.93. The Morgan fingerprint density at radius 1 is 1.38 bits per heavy atom. The number of hydrogen-bond acceptors (Lipinski definition) is 4. The SMILES string of the molecule is CCOc1ccccc1CCNC(=O)c1coc(CN)c1. The average Bonchev–Trinajstić information content (AvgIpc) is 2.98. The van der Waals surface area contributed by atoms with Crippen LogP contribution in [0.1, 0.15) is 28.6 Å². The molecule has 5 nitrogen and oxygen atoms in total. The molecule has 5 heteroatoms. The van der Waals surface area contributed by atoms with Crippen LogP contribution in [0.3, 0.4) is 0 Å². The lowest BCUT2D eigenvalue weighted by Gasteiger charge is -2.10. The Kier molecular flexibility index (Phi) is 5.40. The van der Waals surface area contributed by atoms with E-state index in [1.165, 1.54) is 6.26 Å². The molecule has 0 atom stereocenters. The second-order valence-electron chi connectivity index (χ2n) is 4.55. The highest BCUT2D eigenvalue weighted by Gasteiger charge is 2.09. The van der Waals surface area contributed by atoms with E-state index in [4.69, 9.17) is 14.9 Å². The van der Waals surface area contributed by atoms with Gasteiger partial charge in [-0.15, -0.1) is 0 Å². The van der Waals surface area contributed by atoms with Crippen LogP contribution in [0.4, 0.5) is 0 Å². The first-order valence-electron chi connectivity index (χ1n) is 7.01. The van der Waals surface area contributed by atoms with Crippen molar-refractivity contribution in [3.8, 4) is 5.75 Å². The minimum atomic E-state index is -0.160. The van der Waals surface area contributed by atoms with Crippen molar-refractivity contribution in [3.05, 3.63) is 53.5 Å². The van der Waals surface area contributed by atoms with E-state index in [2.05, 4.69) is 5.32 Å². The third-order valence-corrected chi connectivity index (χ3v) is 3.07. The number of rotatable bonds is 7. The number of carbonyl (C=O) groups excluding carboxylic acids is 1. The van der Waals surface area contributed by atoms with Gasteiger partial charge in [0.25, 0.3) is 5.91 Å². The summed E-state index contributed by atoms with van der Waals surface area (Å²) in [6.07, 6.45) is 2.13. The molecule has 0 aliphatic rings. The Morgan fingerprint density at radius 2 is 2.19 bits per heavy atom. The molecular formula is C16H20N2O3. The van der Waals surface area contributed by atoms with Gasteiger partial charge in [-0.25, -0.2) is 0 Å². The van der Waals surface area contributed by atoms with E-state index < -0.39 is 0 Å². The molecule has 0 fully saturated rings. The quantitative estimate of drug-likeness (QED) is 0.818. The monoisotopic (exact) mass is 288 g/mol. The summed E-state index contributed by atoms with van der Waals surface area (Å²) in [6, 6.07) is 9.49. The molecule has 1 amide bonds. The van der Waals surface area contributed by atoms with Gasteiger partial charge in [-0.1, -0.05) is 18.2 Å². The molecule has 3 N–H and O–H groups in total. The summed E-state index contributed by atoms with van der Waals surface area (Å²) in [7, 11) is 0. The minimum absolute atomic E-state index is 0.160. The maximum absolute atomic E-state index is 11.9. The fourth-order valence-corrected chi connectivity index (χ4v) is 2.03. The molecule has 112 valence electrons.